The van der Waals surface area contributed by atoms with Crippen LogP contribution in [0.2, 0.25) is 0 Å². The SMILES string of the molecule is CC(C)(C)NC1CCNCC1.O=CO. The van der Waals surface area contributed by atoms with E-state index in [1.54, 1.807) is 0 Å². The zero-order chi connectivity index (χ0) is 11.0. The molecule has 1 heterocycles. The molecule has 1 fully saturated rings. The lowest BCUT2D eigenvalue weighted by molar-refractivity contribution is -0.122. The molecule has 0 aliphatic carbocycles. The zero-order valence-corrected chi connectivity index (χ0v) is 9.34. The summed E-state index contributed by atoms with van der Waals surface area (Å²) in [6.45, 7) is 8.79. The Morgan fingerprint density at radius 3 is 2.14 bits per heavy atom. The predicted molar refractivity (Wildman–Crippen MR) is 57.5 cm³/mol. The van der Waals surface area contributed by atoms with Gasteiger partial charge >= 0.3 is 0 Å². The fourth-order valence-electron chi connectivity index (χ4n) is 1.58. The average Bonchev–Trinajstić information content (AvgIpc) is 2.04. The summed E-state index contributed by atoms with van der Waals surface area (Å²) in [6.07, 6.45) is 2.55. The van der Waals surface area contributed by atoms with Gasteiger partial charge in [0.15, 0.2) is 0 Å². The lowest BCUT2D eigenvalue weighted by Gasteiger charge is -2.31. The van der Waals surface area contributed by atoms with Crippen molar-refractivity contribution >= 4 is 6.47 Å². The van der Waals surface area contributed by atoms with Crippen LogP contribution in [-0.2, 0) is 4.79 Å². The fraction of sp³-hybridized carbons (Fsp3) is 0.900. The third kappa shape index (κ3) is 8.01. The molecular formula is C10H22N2O2. The molecule has 0 radical (unpaired) electrons. The van der Waals surface area contributed by atoms with Crippen LogP contribution in [0.3, 0.4) is 0 Å². The first-order valence-electron chi connectivity index (χ1n) is 5.06. The molecule has 3 N–H and O–H groups in total. The summed E-state index contributed by atoms with van der Waals surface area (Å²) in [5.74, 6) is 0. The topological polar surface area (TPSA) is 61.4 Å². The van der Waals surface area contributed by atoms with Crippen LogP contribution < -0.4 is 10.6 Å². The molecule has 4 nitrogen and oxygen atoms in total. The van der Waals surface area contributed by atoms with Gasteiger partial charge in [0.05, 0.1) is 0 Å². The van der Waals surface area contributed by atoms with Crippen LogP contribution >= 0.6 is 0 Å². The molecule has 0 aromatic heterocycles. The molecule has 84 valence electrons. The molecule has 0 aromatic carbocycles. The second-order valence-electron chi connectivity index (χ2n) is 4.52. The standard InChI is InChI=1S/C9H20N2.CH2O2/c1-9(2,3)11-8-4-6-10-7-5-8;2-1-3/h8,10-11H,4-7H2,1-3H3;1H,(H,2,3). The number of hydrogen-bond acceptors (Lipinski definition) is 3. The average molecular weight is 202 g/mol. The van der Waals surface area contributed by atoms with Crippen LogP contribution in [0.1, 0.15) is 33.6 Å². The van der Waals surface area contributed by atoms with E-state index in [0.29, 0.717) is 0 Å². The van der Waals surface area contributed by atoms with Crippen molar-refractivity contribution in [2.75, 3.05) is 13.1 Å². The molecule has 0 spiro atoms. The van der Waals surface area contributed by atoms with E-state index in [9.17, 15) is 0 Å². The number of rotatable bonds is 1. The fourth-order valence-corrected chi connectivity index (χ4v) is 1.58. The highest BCUT2D eigenvalue weighted by molar-refractivity contribution is 5.32. The Balaban J connectivity index is 0.000000500. The molecule has 0 bridgehead atoms. The van der Waals surface area contributed by atoms with Crippen molar-refractivity contribution in [3.63, 3.8) is 0 Å². The van der Waals surface area contributed by atoms with Crippen molar-refractivity contribution in [2.45, 2.75) is 45.2 Å². The van der Waals surface area contributed by atoms with E-state index in [4.69, 9.17) is 9.90 Å². The Hall–Kier alpha value is -0.610. The molecule has 1 rings (SSSR count). The van der Waals surface area contributed by atoms with Gasteiger partial charge in [-0.25, -0.2) is 0 Å². The highest BCUT2D eigenvalue weighted by atomic mass is 16.3. The quantitative estimate of drug-likeness (QED) is 0.551. The molecule has 0 unspecified atom stereocenters. The number of hydrogen-bond donors (Lipinski definition) is 3. The van der Waals surface area contributed by atoms with E-state index in [-0.39, 0.29) is 12.0 Å². The van der Waals surface area contributed by atoms with Gasteiger partial charge in [-0.1, -0.05) is 0 Å². The molecule has 0 amide bonds. The van der Waals surface area contributed by atoms with E-state index in [1.807, 2.05) is 0 Å². The van der Waals surface area contributed by atoms with E-state index < -0.39 is 0 Å². The Bertz CT molecular complexity index is 149. The summed E-state index contributed by atoms with van der Waals surface area (Å²) in [6, 6.07) is 0.733. The highest BCUT2D eigenvalue weighted by Gasteiger charge is 2.18. The zero-order valence-electron chi connectivity index (χ0n) is 9.34. The van der Waals surface area contributed by atoms with E-state index in [0.717, 1.165) is 6.04 Å². The van der Waals surface area contributed by atoms with Gasteiger partial charge in [0.25, 0.3) is 6.47 Å². The summed E-state index contributed by atoms with van der Waals surface area (Å²) >= 11 is 0. The van der Waals surface area contributed by atoms with E-state index >= 15 is 0 Å². The van der Waals surface area contributed by atoms with Crippen molar-refractivity contribution in [3.05, 3.63) is 0 Å². The molecular weight excluding hydrogens is 180 g/mol. The number of piperidine rings is 1. The maximum Gasteiger partial charge on any atom is 0.290 e. The summed E-state index contributed by atoms with van der Waals surface area (Å²) in [4.78, 5) is 8.36. The number of carbonyl (C=O) groups is 1. The maximum atomic E-state index is 8.36. The molecule has 0 atom stereocenters. The summed E-state index contributed by atoms with van der Waals surface area (Å²) < 4.78 is 0. The van der Waals surface area contributed by atoms with Crippen molar-refractivity contribution < 1.29 is 9.90 Å². The Morgan fingerprint density at radius 1 is 1.36 bits per heavy atom. The van der Waals surface area contributed by atoms with Gasteiger partial charge in [-0.15, -0.1) is 0 Å². The summed E-state index contributed by atoms with van der Waals surface area (Å²) in [7, 11) is 0. The monoisotopic (exact) mass is 202 g/mol. The van der Waals surface area contributed by atoms with Gasteiger partial charge in [-0.05, 0) is 46.7 Å². The van der Waals surface area contributed by atoms with Gasteiger partial charge < -0.3 is 15.7 Å². The van der Waals surface area contributed by atoms with Gasteiger partial charge in [0.2, 0.25) is 0 Å². The predicted octanol–water partition coefficient (Wildman–Crippen LogP) is 0.827. The first-order chi connectivity index (χ1) is 6.49. The van der Waals surface area contributed by atoms with Crippen LogP contribution in [0.5, 0.6) is 0 Å². The van der Waals surface area contributed by atoms with Gasteiger partial charge in [0.1, 0.15) is 0 Å². The largest absolute Gasteiger partial charge is 0.483 e. The summed E-state index contributed by atoms with van der Waals surface area (Å²) in [5.41, 5.74) is 0.280. The molecule has 14 heavy (non-hydrogen) atoms. The summed E-state index contributed by atoms with van der Waals surface area (Å²) in [5, 5.41) is 13.9. The van der Waals surface area contributed by atoms with Crippen LogP contribution in [0.25, 0.3) is 0 Å². The van der Waals surface area contributed by atoms with Crippen molar-refractivity contribution in [3.8, 4) is 0 Å². The van der Waals surface area contributed by atoms with Gasteiger partial charge in [0, 0.05) is 11.6 Å². The molecule has 4 heteroatoms. The second kappa shape index (κ2) is 6.79. The van der Waals surface area contributed by atoms with Crippen LogP contribution in [-0.4, -0.2) is 36.2 Å². The normalized spacial score (nSPS) is 18.2. The third-order valence-electron chi connectivity index (χ3n) is 1.98. The number of carboxylic acid groups (broad SMARTS) is 1. The minimum absolute atomic E-state index is 0.250. The van der Waals surface area contributed by atoms with Gasteiger partial charge in [-0.2, -0.15) is 0 Å². The van der Waals surface area contributed by atoms with Crippen LogP contribution in [0.4, 0.5) is 0 Å². The molecule has 0 aromatic rings. The maximum absolute atomic E-state index is 8.36. The van der Waals surface area contributed by atoms with Crippen molar-refractivity contribution in [1.29, 1.82) is 0 Å². The van der Waals surface area contributed by atoms with E-state index in [2.05, 4.69) is 31.4 Å². The first-order valence-corrected chi connectivity index (χ1v) is 5.06. The smallest absolute Gasteiger partial charge is 0.290 e. The van der Waals surface area contributed by atoms with Crippen molar-refractivity contribution in [1.82, 2.24) is 10.6 Å². The molecule has 1 aliphatic rings. The second-order valence-corrected chi connectivity index (χ2v) is 4.52. The van der Waals surface area contributed by atoms with E-state index in [1.165, 1.54) is 25.9 Å². The lowest BCUT2D eigenvalue weighted by atomic mass is 10.0. The van der Waals surface area contributed by atoms with Gasteiger partial charge in [-0.3, -0.25) is 4.79 Å². The third-order valence-corrected chi connectivity index (χ3v) is 1.98. The number of nitrogens with one attached hydrogen (secondary N) is 2. The molecule has 1 aliphatic heterocycles. The van der Waals surface area contributed by atoms with Crippen LogP contribution in [0, 0.1) is 0 Å². The molecule has 0 saturated carbocycles. The minimum atomic E-state index is -0.250. The van der Waals surface area contributed by atoms with Crippen molar-refractivity contribution in [2.24, 2.45) is 0 Å². The Kier molecular flexibility index (Phi) is 6.49. The molecule has 1 saturated heterocycles. The highest BCUT2D eigenvalue weighted by Crippen LogP contribution is 2.08. The van der Waals surface area contributed by atoms with Crippen LogP contribution in [0.15, 0.2) is 0 Å². The Labute approximate surface area is 86.1 Å². The minimum Gasteiger partial charge on any atom is -0.483 e. The lowest BCUT2D eigenvalue weighted by Crippen LogP contribution is -2.48. The first kappa shape index (κ1) is 13.4. The Morgan fingerprint density at radius 2 is 1.79 bits per heavy atom.